The van der Waals surface area contributed by atoms with Gasteiger partial charge in [0.15, 0.2) is 5.16 Å². The average Bonchev–Trinajstić information content (AvgIpc) is 3.26. The van der Waals surface area contributed by atoms with Gasteiger partial charge in [0.2, 0.25) is 5.91 Å². The molecule has 0 spiro atoms. The molecule has 0 fully saturated rings. The largest absolute Gasteiger partial charge is 0.356 e. The highest BCUT2D eigenvalue weighted by atomic mass is 32.2. The van der Waals surface area contributed by atoms with Gasteiger partial charge in [-0.2, -0.15) is 0 Å². The van der Waals surface area contributed by atoms with Crippen LogP contribution in [0.1, 0.15) is 93.3 Å². The number of hydrogen-bond donors (Lipinski definition) is 1. The average molecular weight is 491 g/mol. The lowest BCUT2D eigenvalue weighted by Crippen LogP contribution is -2.23. The van der Waals surface area contributed by atoms with Crippen LogP contribution in [0.25, 0.3) is 5.69 Å². The standard InChI is InChI=1S/C17H24N4OS.C6H12.C3H8.C2H6/c1-3-13-18-16(22)12-8-7-11-15-19-20-17(23-2)21(15)14-9-5-4-6-10-14;1-4-5-6(2)3;1-3-2;1-2/h4-6,9-10H,3,7-8,11-13H2,1-2H3,(H,18,22);4-6H,1-3H3;3H2,1-2H3;1-2H3/b;5-4-;;. The van der Waals surface area contributed by atoms with E-state index in [2.05, 4.69) is 79.0 Å². The first-order valence-corrected chi connectivity index (χ1v) is 14.1. The summed E-state index contributed by atoms with van der Waals surface area (Å²) >= 11 is 1.59. The zero-order valence-electron chi connectivity index (χ0n) is 23.2. The van der Waals surface area contributed by atoms with Crippen molar-refractivity contribution >= 4 is 17.7 Å². The van der Waals surface area contributed by atoms with E-state index in [4.69, 9.17) is 0 Å². The molecule has 0 bridgehead atoms. The van der Waals surface area contributed by atoms with E-state index in [1.54, 1.807) is 11.8 Å². The van der Waals surface area contributed by atoms with Gasteiger partial charge in [0.25, 0.3) is 0 Å². The van der Waals surface area contributed by atoms with E-state index in [0.717, 1.165) is 54.8 Å². The number of allylic oxidation sites excluding steroid dienone is 2. The summed E-state index contributed by atoms with van der Waals surface area (Å²) in [5.41, 5.74) is 1.08. The first-order chi connectivity index (χ1) is 16.4. The van der Waals surface area contributed by atoms with Gasteiger partial charge in [0, 0.05) is 25.1 Å². The Balaban J connectivity index is 0. The number of carbonyl (C=O) groups is 1. The predicted octanol–water partition coefficient (Wildman–Crippen LogP) is 7.89. The van der Waals surface area contributed by atoms with E-state index in [9.17, 15) is 4.79 Å². The van der Waals surface area contributed by atoms with Crippen molar-refractivity contribution in [2.45, 2.75) is 99.1 Å². The number of amides is 1. The Kier molecular flexibility index (Phi) is 24.1. The van der Waals surface area contributed by atoms with Gasteiger partial charge in [-0.05, 0) is 50.5 Å². The van der Waals surface area contributed by atoms with Crippen molar-refractivity contribution in [2.24, 2.45) is 5.92 Å². The lowest BCUT2D eigenvalue weighted by molar-refractivity contribution is -0.121. The van der Waals surface area contributed by atoms with Gasteiger partial charge in [0.05, 0.1) is 0 Å². The van der Waals surface area contributed by atoms with Gasteiger partial charge >= 0.3 is 0 Å². The minimum absolute atomic E-state index is 0.140. The molecule has 0 aliphatic carbocycles. The fourth-order valence-corrected chi connectivity index (χ4v) is 3.25. The summed E-state index contributed by atoms with van der Waals surface area (Å²) in [6.07, 6.45) is 11.7. The highest BCUT2D eigenvalue weighted by Gasteiger charge is 2.12. The molecule has 6 heteroatoms. The van der Waals surface area contributed by atoms with Gasteiger partial charge in [0.1, 0.15) is 5.82 Å². The maximum Gasteiger partial charge on any atom is 0.219 e. The summed E-state index contributed by atoms with van der Waals surface area (Å²) < 4.78 is 2.10. The molecule has 2 aromatic rings. The number of benzene rings is 1. The molecule has 0 unspecified atom stereocenters. The highest BCUT2D eigenvalue weighted by molar-refractivity contribution is 7.98. The third kappa shape index (κ3) is 16.5. The monoisotopic (exact) mass is 490 g/mol. The number of para-hydroxylation sites is 1. The van der Waals surface area contributed by atoms with Crippen LogP contribution >= 0.6 is 11.8 Å². The first-order valence-electron chi connectivity index (χ1n) is 12.9. The fourth-order valence-electron chi connectivity index (χ4n) is 2.74. The number of nitrogens with zero attached hydrogens (tertiary/aromatic N) is 3. The SMILES string of the molecule is C/C=C\C(C)C.CC.CCC.CCCNC(=O)CCCCc1nnc(SC)n1-c1ccccc1. The van der Waals surface area contributed by atoms with Crippen LogP contribution in [0.4, 0.5) is 0 Å². The molecular formula is C28H50N4OS. The van der Waals surface area contributed by atoms with Gasteiger partial charge in [-0.15, -0.1) is 10.2 Å². The topological polar surface area (TPSA) is 59.8 Å². The quantitative estimate of drug-likeness (QED) is 0.209. The molecule has 34 heavy (non-hydrogen) atoms. The summed E-state index contributed by atoms with van der Waals surface area (Å²) in [4.78, 5) is 11.6. The van der Waals surface area contributed by atoms with E-state index in [-0.39, 0.29) is 5.91 Å². The summed E-state index contributed by atoms with van der Waals surface area (Å²) in [7, 11) is 0. The van der Waals surface area contributed by atoms with Crippen molar-refractivity contribution in [1.29, 1.82) is 0 Å². The molecule has 0 atom stereocenters. The van der Waals surface area contributed by atoms with Crippen LogP contribution in [0.5, 0.6) is 0 Å². The minimum atomic E-state index is 0.140. The van der Waals surface area contributed by atoms with Crippen molar-refractivity contribution < 1.29 is 4.79 Å². The maximum atomic E-state index is 11.6. The Bertz CT molecular complexity index is 742. The second kappa shape index (κ2) is 24.1. The second-order valence-corrected chi connectivity index (χ2v) is 8.58. The molecule has 1 amide bonds. The van der Waals surface area contributed by atoms with E-state index in [0.29, 0.717) is 6.42 Å². The van der Waals surface area contributed by atoms with Gasteiger partial charge in [-0.3, -0.25) is 9.36 Å². The van der Waals surface area contributed by atoms with Crippen LogP contribution in [0.15, 0.2) is 47.6 Å². The molecule has 2 rings (SSSR count). The number of rotatable bonds is 10. The molecule has 1 aromatic heterocycles. The third-order valence-electron chi connectivity index (χ3n) is 4.10. The van der Waals surface area contributed by atoms with E-state index in [1.165, 1.54) is 6.42 Å². The molecule has 1 heterocycles. The summed E-state index contributed by atoms with van der Waals surface area (Å²) in [6.45, 7) is 17.4. The Morgan fingerprint density at radius 2 is 1.71 bits per heavy atom. The van der Waals surface area contributed by atoms with Gasteiger partial charge in [-0.25, -0.2) is 0 Å². The zero-order valence-corrected chi connectivity index (χ0v) is 24.0. The number of unbranched alkanes of at least 4 members (excludes halogenated alkanes) is 1. The van der Waals surface area contributed by atoms with Gasteiger partial charge in [-0.1, -0.05) is 97.0 Å². The smallest absolute Gasteiger partial charge is 0.219 e. The Morgan fingerprint density at radius 1 is 1.09 bits per heavy atom. The molecule has 194 valence electrons. The zero-order chi connectivity index (χ0) is 26.2. The fraction of sp³-hybridized carbons (Fsp3) is 0.607. The number of aromatic nitrogens is 3. The molecule has 0 radical (unpaired) electrons. The predicted molar refractivity (Wildman–Crippen MR) is 151 cm³/mol. The molecular weight excluding hydrogens is 440 g/mol. The summed E-state index contributed by atoms with van der Waals surface area (Å²) in [5, 5.41) is 12.4. The molecule has 5 nitrogen and oxygen atoms in total. The Hall–Kier alpha value is -2.08. The van der Waals surface area contributed by atoms with Crippen molar-refractivity contribution in [3.05, 3.63) is 48.3 Å². The number of hydrogen-bond acceptors (Lipinski definition) is 4. The lowest BCUT2D eigenvalue weighted by atomic mass is 10.1. The number of carbonyl (C=O) groups excluding carboxylic acids is 1. The Labute approximate surface area is 214 Å². The van der Waals surface area contributed by atoms with Crippen LogP contribution in [-0.2, 0) is 11.2 Å². The van der Waals surface area contributed by atoms with Crippen molar-refractivity contribution in [3.8, 4) is 5.69 Å². The van der Waals surface area contributed by atoms with Crippen LogP contribution in [0.2, 0.25) is 0 Å². The van der Waals surface area contributed by atoms with Gasteiger partial charge < -0.3 is 5.32 Å². The molecule has 1 aromatic carbocycles. The van der Waals surface area contributed by atoms with Crippen molar-refractivity contribution in [1.82, 2.24) is 20.1 Å². The number of thioether (sulfide) groups is 1. The molecule has 0 aliphatic heterocycles. The number of aryl methyl sites for hydroxylation is 1. The Morgan fingerprint density at radius 3 is 2.18 bits per heavy atom. The molecule has 1 N–H and O–H groups in total. The summed E-state index contributed by atoms with van der Waals surface area (Å²) in [6, 6.07) is 10.2. The van der Waals surface area contributed by atoms with Crippen molar-refractivity contribution in [2.75, 3.05) is 12.8 Å². The van der Waals surface area contributed by atoms with E-state index < -0.39 is 0 Å². The molecule has 0 aliphatic rings. The third-order valence-corrected chi connectivity index (χ3v) is 4.73. The van der Waals surface area contributed by atoms with E-state index >= 15 is 0 Å². The minimum Gasteiger partial charge on any atom is -0.356 e. The molecule has 0 saturated heterocycles. The van der Waals surface area contributed by atoms with Crippen LogP contribution in [0.3, 0.4) is 0 Å². The maximum absolute atomic E-state index is 11.6. The highest BCUT2D eigenvalue weighted by Crippen LogP contribution is 2.21. The van der Waals surface area contributed by atoms with Crippen molar-refractivity contribution in [3.63, 3.8) is 0 Å². The van der Waals surface area contributed by atoms with Crippen LogP contribution in [0, 0.1) is 5.92 Å². The summed E-state index contributed by atoms with van der Waals surface area (Å²) in [5.74, 6) is 1.81. The van der Waals surface area contributed by atoms with Crippen LogP contribution < -0.4 is 5.32 Å². The van der Waals surface area contributed by atoms with E-state index in [1.807, 2.05) is 45.2 Å². The molecule has 0 saturated carbocycles. The lowest BCUT2D eigenvalue weighted by Gasteiger charge is -2.09. The second-order valence-electron chi connectivity index (χ2n) is 7.81. The normalized spacial score (nSPS) is 9.94. The first kappa shape index (κ1) is 34.1. The number of nitrogens with one attached hydrogen (secondary N) is 1. The van der Waals surface area contributed by atoms with Crippen LogP contribution in [-0.4, -0.2) is 33.5 Å².